The lowest BCUT2D eigenvalue weighted by molar-refractivity contribution is 0.933. The highest BCUT2D eigenvalue weighted by Crippen LogP contribution is 2.16. The number of rotatable bonds is 5. The summed E-state index contributed by atoms with van der Waals surface area (Å²) in [5.74, 6) is 0.630. The molecule has 0 spiro atoms. The molecule has 0 radical (unpaired) electrons. The molecule has 1 aromatic carbocycles. The molecule has 0 nitrogen and oxygen atoms in total. The van der Waals surface area contributed by atoms with Crippen molar-refractivity contribution < 1.29 is 0 Å². The van der Waals surface area contributed by atoms with E-state index in [2.05, 4.69) is 41.1 Å². The van der Waals surface area contributed by atoms with E-state index in [4.69, 9.17) is 11.6 Å². The van der Waals surface area contributed by atoms with E-state index in [0.717, 1.165) is 18.2 Å². The predicted octanol–water partition coefficient (Wildman–Crippen LogP) is 4.32. The van der Waals surface area contributed by atoms with E-state index < -0.39 is 0 Å². The highest BCUT2D eigenvalue weighted by molar-refractivity contribution is 9.09. The van der Waals surface area contributed by atoms with Crippen molar-refractivity contribution in [1.82, 2.24) is 0 Å². The molecule has 0 bridgehead atoms. The molecule has 0 amide bonds. The molecular formula is C12H16BrCl. The Balaban J connectivity index is 2.79. The minimum Gasteiger partial charge on any atom is -0.122 e. The standard InChI is InChI=1S/C12H16BrCl/c1-2-11-6-5-10(4-3-7-13)8-12(11)9-14/h5-6,8H,2-4,7,9H2,1H3. The van der Waals surface area contributed by atoms with Crippen LogP contribution in [0.2, 0.25) is 0 Å². The molecule has 0 aromatic heterocycles. The lowest BCUT2D eigenvalue weighted by atomic mass is 10.0. The fraction of sp³-hybridized carbons (Fsp3) is 0.500. The molecule has 0 atom stereocenters. The second-order valence-electron chi connectivity index (χ2n) is 3.38. The maximum absolute atomic E-state index is 5.91. The largest absolute Gasteiger partial charge is 0.122 e. The van der Waals surface area contributed by atoms with Gasteiger partial charge in [-0.15, -0.1) is 11.6 Å². The smallest absolute Gasteiger partial charge is 0.0476 e. The number of alkyl halides is 2. The van der Waals surface area contributed by atoms with E-state index in [1.165, 1.54) is 23.1 Å². The lowest BCUT2D eigenvalue weighted by Gasteiger charge is -2.07. The van der Waals surface area contributed by atoms with Crippen molar-refractivity contribution in [2.75, 3.05) is 5.33 Å². The van der Waals surface area contributed by atoms with Gasteiger partial charge in [-0.25, -0.2) is 0 Å². The Morgan fingerprint density at radius 1 is 1.29 bits per heavy atom. The first-order chi connectivity index (χ1) is 6.81. The van der Waals surface area contributed by atoms with Gasteiger partial charge in [0, 0.05) is 11.2 Å². The number of aryl methyl sites for hydroxylation is 2. The van der Waals surface area contributed by atoms with Gasteiger partial charge < -0.3 is 0 Å². The maximum Gasteiger partial charge on any atom is 0.0476 e. The van der Waals surface area contributed by atoms with Gasteiger partial charge >= 0.3 is 0 Å². The van der Waals surface area contributed by atoms with Crippen LogP contribution < -0.4 is 0 Å². The van der Waals surface area contributed by atoms with E-state index in [1.807, 2.05) is 0 Å². The average Bonchev–Trinajstić information content (AvgIpc) is 2.25. The van der Waals surface area contributed by atoms with Gasteiger partial charge in [0.1, 0.15) is 0 Å². The van der Waals surface area contributed by atoms with Crippen molar-refractivity contribution in [2.24, 2.45) is 0 Å². The van der Waals surface area contributed by atoms with E-state index in [9.17, 15) is 0 Å². The number of hydrogen-bond donors (Lipinski definition) is 0. The first-order valence-electron chi connectivity index (χ1n) is 5.04. The zero-order chi connectivity index (χ0) is 10.4. The average molecular weight is 276 g/mol. The molecule has 0 aliphatic rings. The molecule has 14 heavy (non-hydrogen) atoms. The summed E-state index contributed by atoms with van der Waals surface area (Å²) in [6.45, 7) is 2.17. The van der Waals surface area contributed by atoms with Crippen LogP contribution in [0.15, 0.2) is 18.2 Å². The zero-order valence-corrected chi connectivity index (χ0v) is 10.9. The van der Waals surface area contributed by atoms with Gasteiger partial charge in [0.15, 0.2) is 0 Å². The van der Waals surface area contributed by atoms with Crippen molar-refractivity contribution in [2.45, 2.75) is 32.1 Å². The Kier molecular flexibility index (Phi) is 5.57. The highest BCUT2D eigenvalue weighted by Gasteiger charge is 2.01. The predicted molar refractivity (Wildman–Crippen MR) is 67.5 cm³/mol. The van der Waals surface area contributed by atoms with Crippen LogP contribution in [-0.4, -0.2) is 5.33 Å². The molecular weight excluding hydrogens is 259 g/mol. The Bertz CT molecular complexity index is 284. The number of benzene rings is 1. The molecule has 0 N–H and O–H groups in total. The first-order valence-corrected chi connectivity index (χ1v) is 6.70. The van der Waals surface area contributed by atoms with Crippen molar-refractivity contribution in [3.63, 3.8) is 0 Å². The second kappa shape index (κ2) is 6.47. The number of hydrogen-bond acceptors (Lipinski definition) is 0. The molecule has 0 saturated heterocycles. The van der Waals surface area contributed by atoms with Gasteiger partial charge in [-0.1, -0.05) is 41.1 Å². The van der Waals surface area contributed by atoms with E-state index >= 15 is 0 Å². The van der Waals surface area contributed by atoms with E-state index in [1.54, 1.807) is 0 Å². The molecule has 0 fully saturated rings. The quantitative estimate of drug-likeness (QED) is 0.702. The number of halogens is 2. The third kappa shape index (κ3) is 3.29. The van der Waals surface area contributed by atoms with E-state index in [0.29, 0.717) is 5.88 Å². The van der Waals surface area contributed by atoms with Gasteiger partial charge in [-0.3, -0.25) is 0 Å². The summed E-state index contributed by atoms with van der Waals surface area (Å²) in [5, 5.41) is 1.07. The van der Waals surface area contributed by atoms with Crippen molar-refractivity contribution >= 4 is 27.5 Å². The molecule has 0 heterocycles. The Morgan fingerprint density at radius 3 is 2.64 bits per heavy atom. The fourth-order valence-electron chi connectivity index (χ4n) is 1.58. The minimum atomic E-state index is 0.630. The molecule has 0 unspecified atom stereocenters. The van der Waals surface area contributed by atoms with Crippen LogP contribution >= 0.6 is 27.5 Å². The Labute approximate surface area is 99.8 Å². The van der Waals surface area contributed by atoms with Crippen LogP contribution in [0.3, 0.4) is 0 Å². The summed E-state index contributed by atoms with van der Waals surface area (Å²) in [5.41, 5.74) is 4.07. The van der Waals surface area contributed by atoms with Gasteiger partial charge in [0.25, 0.3) is 0 Å². The highest BCUT2D eigenvalue weighted by atomic mass is 79.9. The Hall–Kier alpha value is -0.0100. The third-order valence-corrected chi connectivity index (χ3v) is 3.24. The summed E-state index contributed by atoms with van der Waals surface area (Å²) in [7, 11) is 0. The minimum absolute atomic E-state index is 0.630. The molecule has 0 saturated carbocycles. The molecule has 2 heteroatoms. The summed E-state index contributed by atoms with van der Waals surface area (Å²) in [4.78, 5) is 0. The zero-order valence-electron chi connectivity index (χ0n) is 8.52. The first kappa shape index (κ1) is 12.1. The van der Waals surface area contributed by atoms with Gasteiger partial charge in [-0.05, 0) is 36.0 Å². The van der Waals surface area contributed by atoms with Crippen LogP contribution in [0, 0.1) is 0 Å². The monoisotopic (exact) mass is 274 g/mol. The van der Waals surface area contributed by atoms with Crippen LogP contribution in [0.25, 0.3) is 0 Å². The summed E-state index contributed by atoms with van der Waals surface area (Å²) >= 11 is 9.35. The lowest BCUT2D eigenvalue weighted by Crippen LogP contribution is -1.93. The van der Waals surface area contributed by atoms with Crippen molar-refractivity contribution in [3.8, 4) is 0 Å². The van der Waals surface area contributed by atoms with Crippen molar-refractivity contribution in [3.05, 3.63) is 34.9 Å². The molecule has 1 aromatic rings. The van der Waals surface area contributed by atoms with Crippen LogP contribution in [0.5, 0.6) is 0 Å². The molecule has 1 rings (SSSR count). The van der Waals surface area contributed by atoms with Crippen LogP contribution in [0.1, 0.15) is 30.0 Å². The second-order valence-corrected chi connectivity index (χ2v) is 4.44. The van der Waals surface area contributed by atoms with Crippen LogP contribution in [0.4, 0.5) is 0 Å². The summed E-state index contributed by atoms with van der Waals surface area (Å²) < 4.78 is 0. The molecule has 0 aliphatic carbocycles. The summed E-state index contributed by atoms with van der Waals surface area (Å²) in [6.07, 6.45) is 3.40. The SMILES string of the molecule is CCc1ccc(CCCBr)cc1CCl. The van der Waals surface area contributed by atoms with Crippen molar-refractivity contribution in [1.29, 1.82) is 0 Å². The molecule has 78 valence electrons. The fourth-order valence-corrected chi connectivity index (χ4v) is 2.10. The normalized spacial score (nSPS) is 10.5. The van der Waals surface area contributed by atoms with Gasteiger partial charge in [-0.2, -0.15) is 0 Å². The molecule has 0 aliphatic heterocycles. The van der Waals surface area contributed by atoms with Gasteiger partial charge in [0.2, 0.25) is 0 Å². The topological polar surface area (TPSA) is 0 Å². The summed E-state index contributed by atoms with van der Waals surface area (Å²) in [6, 6.07) is 6.67. The Morgan fingerprint density at radius 2 is 2.07 bits per heavy atom. The van der Waals surface area contributed by atoms with E-state index in [-0.39, 0.29) is 0 Å². The maximum atomic E-state index is 5.91. The third-order valence-electron chi connectivity index (χ3n) is 2.39. The van der Waals surface area contributed by atoms with Crippen LogP contribution in [-0.2, 0) is 18.7 Å². The van der Waals surface area contributed by atoms with Gasteiger partial charge in [0.05, 0.1) is 0 Å².